The number of carbonyl (C=O) groups excluding carboxylic acids is 2. The zero-order valence-electron chi connectivity index (χ0n) is 14.2. The van der Waals surface area contributed by atoms with Gasteiger partial charge in [0.1, 0.15) is 6.23 Å². The summed E-state index contributed by atoms with van der Waals surface area (Å²) in [7, 11) is 1.38. The van der Waals surface area contributed by atoms with Crippen molar-refractivity contribution in [2.24, 2.45) is 5.92 Å². The number of para-hydroxylation sites is 1. The normalized spacial score (nSPS) is 26.0. The Morgan fingerprint density at radius 1 is 1.40 bits per heavy atom. The van der Waals surface area contributed by atoms with E-state index in [0.717, 1.165) is 11.9 Å². The van der Waals surface area contributed by atoms with E-state index in [-0.39, 0.29) is 36.5 Å². The third kappa shape index (κ3) is 3.02. The summed E-state index contributed by atoms with van der Waals surface area (Å²) >= 11 is 0. The van der Waals surface area contributed by atoms with Crippen molar-refractivity contribution >= 4 is 22.8 Å². The van der Waals surface area contributed by atoms with Gasteiger partial charge in [0.2, 0.25) is 5.91 Å². The Balaban J connectivity index is 1.47. The maximum absolute atomic E-state index is 12.6. The topological polar surface area (TPSA) is 71.6 Å². The molecule has 0 unspecified atom stereocenters. The molecule has 132 valence electrons. The van der Waals surface area contributed by atoms with Crippen molar-refractivity contribution in [3.63, 3.8) is 0 Å². The summed E-state index contributed by atoms with van der Waals surface area (Å²) in [6.07, 6.45) is 3.94. The molecular weight excluding hydrogens is 320 g/mol. The second-order valence-electron chi connectivity index (χ2n) is 6.89. The van der Waals surface area contributed by atoms with Crippen LogP contribution in [0.3, 0.4) is 0 Å². The maximum atomic E-state index is 12.6. The van der Waals surface area contributed by atoms with Crippen molar-refractivity contribution in [3.8, 4) is 0 Å². The number of amides is 1. The lowest BCUT2D eigenvalue weighted by Crippen LogP contribution is -2.48. The molecule has 25 heavy (non-hydrogen) atoms. The summed E-state index contributed by atoms with van der Waals surface area (Å²) in [6, 6.07) is 8.23. The molecule has 0 spiro atoms. The number of benzene rings is 1. The van der Waals surface area contributed by atoms with Crippen LogP contribution < -0.4 is 0 Å². The number of hydrogen-bond acceptors (Lipinski definition) is 4. The van der Waals surface area contributed by atoms with Gasteiger partial charge in [0, 0.05) is 29.9 Å². The molecule has 0 bridgehead atoms. The average molecular weight is 342 g/mol. The minimum Gasteiger partial charge on any atom is -0.469 e. The summed E-state index contributed by atoms with van der Waals surface area (Å²) in [5.74, 6) is -0.180. The first kappa shape index (κ1) is 16.1. The molecule has 3 heterocycles. The molecule has 3 atom stereocenters. The van der Waals surface area contributed by atoms with E-state index in [1.165, 1.54) is 18.1 Å². The van der Waals surface area contributed by atoms with Gasteiger partial charge in [-0.25, -0.2) is 0 Å². The van der Waals surface area contributed by atoms with E-state index >= 15 is 0 Å². The van der Waals surface area contributed by atoms with Gasteiger partial charge >= 0.3 is 5.97 Å². The number of H-pyrrole nitrogens is 1. The van der Waals surface area contributed by atoms with Crippen LogP contribution in [0.4, 0.5) is 0 Å². The highest BCUT2D eigenvalue weighted by atomic mass is 16.5. The van der Waals surface area contributed by atoms with Crippen LogP contribution in [0.25, 0.3) is 10.9 Å². The SMILES string of the molecule is COC(=O)C[C@@H]1CC(=O)N2[C@@H](Cc3c[nH]c4ccccc34)CO[C@@H]2C1. The Labute approximate surface area is 146 Å². The van der Waals surface area contributed by atoms with Crippen LogP contribution in [0, 0.1) is 5.92 Å². The lowest BCUT2D eigenvalue weighted by Gasteiger charge is -2.35. The van der Waals surface area contributed by atoms with Gasteiger partial charge in [-0.05, 0) is 30.4 Å². The van der Waals surface area contributed by atoms with Gasteiger partial charge in [0.15, 0.2) is 0 Å². The minimum atomic E-state index is -0.264. The fourth-order valence-corrected chi connectivity index (χ4v) is 4.07. The number of esters is 1. The highest BCUT2D eigenvalue weighted by molar-refractivity contribution is 5.83. The number of nitrogens with zero attached hydrogens (tertiary/aromatic N) is 1. The van der Waals surface area contributed by atoms with Crippen molar-refractivity contribution in [3.05, 3.63) is 36.0 Å². The largest absolute Gasteiger partial charge is 0.469 e. The number of methoxy groups -OCH3 is 1. The molecule has 1 N–H and O–H groups in total. The first-order valence-corrected chi connectivity index (χ1v) is 8.70. The summed E-state index contributed by atoms with van der Waals surface area (Å²) < 4.78 is 10.6. The van der Waals surface area contributed by atoms with E-state index in [2.05, 4.69) is 17.1 Å². The fourth-order valence-electron chi connectivity index (χ4n) is 4.07. The predicted molar refractivity (Wildman–Crippen MR) is 91.7 cm³/mol. The lowest BCUT2D eigenvalue weighted by molar-refractivity contribution is -0.149. The van der Waals surface area contributed by atoms with E-state index in [1.54, 1.807) is 0 Å². The molecule has 0 saturated carbocycles. The molecule has 0 aliphatic carbocycles. The Morgan fingerprint density at radius 2 is 2.24 bits per heavy atom. The Morgan fingerprint density at radius 3 is 3.08 bits per heavy atom. The molecule has 4 rings (SSSR count). The van der Waals surface area contributed by atoms with E-state index in [0.29, 0.717) is 19.4 Å². The van der Waals surface area contributed by atoms with E-state index < -0.39 is 0 Å². The molecule has 2 fully saturated rings. The highest BCUT2D eigenvalue weighted by Crippen LogP contribution is 2.34. The molecule has 6 nitrogen and oxygen atoms in total. The molecule has 2 saturated heterocycles. The zero-order valence-corrected chi connectivity index (χ0v) is 14.2. The smallest absolute Gasteiger partial charge is 0.305 e. The number of nitrogens with one attached hydrogen (secondary N) is 1. The summed E-state index contributed by atoms with van der Waals surface area (Å²) in [4.78, 5) is 29.3. The summed E-state index contributed by atoms with van der Waals surface area (Å²) in [5.41, 5.74) is 2.31. The van der Waals surface area contributed by atoms with E-state index in [1.807, 2.05) is 23.2 Å². The van der Waals surface area contributed by atoms with E-state index in [4.69, 9.17) is 9.47 Å². The molecule has 1 aromatic carbocycles. The number of ether oxygens (including phenoxy) is 2. The Bertz CT molecular complexity index is 800. The van der Waals surface area contributed by atoms with Crippen LogP contribution >= 0.6 is 0 Å². The predicted octanol–water partition coefficient (Wildman–Crippen LogP) is 2.24. The van der Waals surface area contributed by atoms with Gasteiger partial charge in [0.25, 0.3) is 0 Å². The number of fused-ring (bicyclic) bond motifs is 2. The number of aromatic nitrogens is 1. The fraction of sp³-hybridized carbons (Fsp3) is 0.474. The Hall–Kier alpha value is -2.34. The van der Waals surface area contributed by atoms with Crippen LogP contribution in [0.15, 0.2) is 30.5 Å². The monoisotopic (exact) mass is 342 g/mol. The van der Waals surface area contributed by atoms with Gasteiger partial charge in [-0.3, -0.25) is 9.59 Å². The molecule has 2 aliphatic rings. The van der Waals surface area contributed by atoms with Crippen LogP contribution in [-0.2, 0) is 25.5 Å². The third-order valence-corrected chi connectivity index (χ3v) is 5.28. The molecule has 1 amide bonds. The first-order chi connectivity index (χ1) is 12.2. The van der Waals surface area contributed by atoms with Gasteiger partial charge in [-0.15, -0.1) is 0 Å². The van der Waals surface area contributed by atoms with Gasteiger partial charge in [-0.2, -0.15) is 0 Å². The second kappa shape index (κ2) is 6.52. The van der Waals surface area contributed by atoms with Gasteiger partial charge in [-0.1, -0.05) is 18.2 Å². The standard InChI is InChI=1S/C19H22N2O4/c1-24-19(23)8-12-6-17(22)21-14(11-25-18(21)7-12)9-13-10-20-16-5-3-2-4-15(13)16/h2-5,10,12,14,18,20H,6-9,11H2,1H3/t12-,14+,18-/m1/s1. The van der Waals surface area contributed by atoms with Crippen LogP contribution in [0.5, 0.6) is 0 Å². The van der Waals surface area contributed by atoms with Crippen molar-refractivity contribution in [1.29, 1.82) is 0 Å². The highest BCUT2D eigenvalue weighted by Gasteiger charge is 2.43. The zero-order chi connectivity index (χ0) is 17.4. The van der Waals surface area contributed by atoms with Crippen molar-refractivity contribution < 1.29 is 19.1 Å². The molecular formula is C19H22N2O4. The number of aromatic amines is 1. The molecule has 0 radical (unpaired) electrons. The molecule has 2 aromatic rings. The van der Waals surface area contributed by atoms with Crippen LogP contribution in [0.2, 0.25) is 0 Å². The number of hydrogen-bond donors (Lipinski definition) is 1. The Kier molecular flexibility index (Phi) is 4.21. The lowest BCUT2D eigenvalue weighted by atomic mass is 9.91. The molecule has 2 aliphatic heterocycles. The van der Waals surface area contributed by atoms with Crippen LogP contribution in [-0.4, -0.2) is 47.7 Å². The molecule has 1 aromatic heterocycles. The number of carbonyl (C=O) groups is 2. The minimum absolute atomic E-state index is 0.00744. The third-order valence-electron chi connectivity index (χ3n) is 5.28. The quantitative estimate of drug-likeness (QED) is 0.865. The number of piperidine rings is 1. The molecule has 6 heteroatoms. The van der Waals surface area contributed by atoms with Crippen LogP contribution in [0.1, 0.15) is 24.8 Å². The summed E-state index contributed by atoms with van der Waals surface area (Å²) in [5, 5.41) is 1.19. The average Bonchev–Trinajstić information content (AvgIpc) is 3.20. The number of rotatable bonds is 4. The van der Waals surface area contributed by atoms with E-state index in [9.17, 15) is 9.59 Å². The first-order valence-electron chi connectivity index (χ1n) is 8.70. The van der Waals surface area contributed by atoms with Crippen molar-refractivity contribution in [2.75, 3.05) is 13.7 Å². The summed E-state index contributed by atoms with van der Waals surface area (Å²) in [6.45, 7) is 0.543. The van der Waals surface area contributed by atoms with Crippen molar-refractivity contribution in [1.82, 2.24) is 9.88 Å². The maximum Gasteiger partial charge on any atom is 0.305 e. The van der Waals surface area contributed by atoms with Gasteiger partial charge in [0.05, 0.1) is 19.8 Å². The second-order valence-corrected chi connectivity index (χ2v) is 6.89. The van der Waals surface area contributed by atoms with Crippen molar-refractivity contribution in [2.45, 2.75) is 38.0 Å². The van der Waals surface area contributed by atoms with Gasteiger partial charge < -0.3 is 19.4 Å².